The van der Waals surface area contributed by atoms with Crippen molar-refractivity contribution in [2.45, 2.75) is 13.3 Å². The molecule has 0 saturated heterocycles. The normalized spacial score (nSPS) is 11.8. The van der Waals surface area contributed by atoms with Crippen LogP contribution in [0.25, 0.3) is 28.2 Å². The number of benzene rings is 3. The second kappa shape index (κ2) is 9.71. The third-order valence-electron chi connectivity index (χ3n) is 5.25. The number of hydrogen-bond donors (Lipinski definition) is 1. The number of aromatic nitrogens is 2. The summed E-state index contributed by atoms with van der Waals surface area (Å²) in [6, 6.07) is 27.2. The van der Waals surface area contributed by atoms with E-state index >= 15 is 0 Å². The monoisotopic (exact) mass is 446 g/mol. The van der Waals surface area contributed by atoms with E-state index in [9.17, 15) is 4.79 Å². The average Bonchev–Trinajstić information content (AvgIpc) is 3.25. The van der Waals surface area contributed by atoms with Gasteiger partial charge >= 0.3 is 5.97 Å². The van der Waals surface area contributed by atoms with Gasteiger partial charge in [-0.25, -0.2) is 4.68 Å². The van der Waals surface area contributed by atoms with Crippen molar-refractivity contribution in [2.24, 2.45) is 5.92 Å². The molecule has 0 aliphatic heterocycles. The fourth-order valence-corrected chi connectivity index (χ4v) is 3.65. The zero-order chi connectivity index (χ0) is 22.5. The molecule has 0 amide bonds. The molecule has 5 nitrogen and oxygen atoms in total. The van der Waals surface area contributed by atoms with Crippen LogP contribution >= 0.6 is 11.6 Å². The molecule has 0 radical (unpaired) electrons. The Morgan fingerprint density at radius 2 is 1.66 bits per heavy atom. The summed E-state index contributed by atoms with van der Waals surface area (Å²) >= 11 is 6.51. The number of hydrogen-bond acceptors (Lipinski definition) is 3. The van der Waals surface area contributed by atoms with Gasteiger partial charge in [-0.15, -0.1) is 0 Å². The Hall–Kier alpha value is -3.57. The number of aliphatic carboxylic acids is 1. The van der Waals surface area contributed by atoms with Gasteiger partial charge in [0.25, 0.3) is 0 Å². The Balaban J connectivity index is 1.74. The van der Waals surface area contributed by atoms with Crippen LogP contribution in [0.4, 0.5) is 0 Å². The first-order valence-electron chi connectivity index (χ1n) is 10.4. The molecule has 1 aromatic heterocycles. The van der Waals surface area contributed by atoms with E-state index in [0.29, 0.717) is 23.8 Å². The summed E-state index contributed by atoms with van der Waals surface area (Å²) in [4.78, 5) is 11.1. The third kappa shape index (κ3) is 4.68. The zero-order valence-electron chi connectivity index (χ0n) is 17.6. The molecule has 0 spiro atoms. The van der Waals surface area contributed by atoms with E-state index in [4.69, 9.17) is 26.5 Å². The number of carboxylic acid groups (broad SMARTS) is 1. The molecule has 1 atom stereocenters. The molecule has 0 aliphatic rings. The van der Waals surface area contributed by atoms with E-state index < -0.39 is 11.9 Å². The van der Waals surface area contributed by atoms with Gasteiger partial charge in [-0.2, -0.15) is 5.10 Å². The first-order chi connectivity index (χ1) is 15.5. The second-order valence-corrected chi connectivity index (χ2v) is 7.92. The highest BCUT2D eigenvalue weighted by molar-refractivity contribution is 6.33. The number of para-hydroxylation sites is 2. The van der Waals surface area contributed by atoms with Gasteiger partial charge < -0.3 is 9.84 Å². The van der Waals surface area contributed by atoms with Crippen LogP contribution in [-0.2, 0) is 4.79 Å². The number of carboxylic acids is 1. The van der Waals surface area contributed by atoms with Crippen LogP contribution in [0.15, 0.2) is 84.9 Å². The lowest BCUT2D eigenvalue weighted by Crippen LogP contribution is -2.13. The van der Waals surface area contributed by atoms with E-state index in [1.54, 1.807) is 6.92 Å². The SMILES string of the molecule is CC(CCOc1ccccc1-c1cc(-c2ccccc2Cl)n(-c2ccccc2)n1)C(=O)O. The fourth-order valence-electron chi connectivity index (χ4n) is 3.41. The molecule has 4 rings (SSSR count). The highest BCUT2D eigenvalue weighted by atomic mass is 35.5. The molecule has 3 aromatic carbocycles. The largest absolute Gasteiger partial charge is 0.493 e. The quantitative estimate of drug-likeness (QED) is 0.342. The van der Waals surface area contributed by atoms with Gasteiger partial charge in [0.15, 0.2) is 0 Å². The Morgan fingerprint density at radius 1 is 1.00 bits per heavy atom. The number of nitrogens with zero attached hydrogens (tertiary/aromatic N) is 2. The van der Waals surface area contributed by atoms with Crippen LogP contribution in [0.1, 0.15) is 13.3 Å². The second-order valence-electron chi connectivity index (χ2n) is 7.51. The van der Waals surface area contributed by atoms with E-state index in [-0.39, 0.29) is 0 Å². The summed E-state index contributed by atoms with van der Waals surface area (Å²) in [7, 11) is 0. The minimum atomic E-state index is -0.826. The summed E-state index contributed by atoms with van der Waals surface area (Å²) < 4.78 is 7.83. The standard InChI is InChI=1S/C26H23ClN2O3/c1-18(26(30)31)15-16-32-25-14-8-6-12-21(25)23-17-24(20-11-5-7-13-22(20)27)29(28-23)19-9-3-2-4-10-19/h2-14,17-18H,15-16H2,1H3,(H,30,31). The number of halogens is 1. The summed E-state index contributed by atoms with van der Waals surface area (Å²) in [5, 5.41) is 14.6. The van der Waals surface area contributed by atoms with Crippen molar-refractivity contribution in [3.63, 3.8) is 0 Å². The lowest BCUT2D eigenvalue weighted by atomic mass is 10.1. The maximum Gasteiger partial charge on any atom is 0.306 e. The average molecular weight is 447 g/mol. The van der Waals surface area contributed by atoms with Gasteiger partial charge in [0.05, 0.1) is 29.6 Å². The number of ether oxygens (including phenoxy) is 1. The third-order valence-corrected chi connectivity index (χ3v) is 5.58. The van der Waals surface area contributed by atoms with Gasteiger partial charge in [0, 0.05) is 16.1 Å². The topological polar surface area (TPSA) is 64.4 Å². The van der Waals surface area contributed by atoms with Crippen molar-refractivity contribution in [2.75, 3.05) is 6.61 Å². The molecule has 0 bridgehead atoms. The highest BCUT2D eigenvalue weighted by Crippen LogP contribution is 2.36. The summed E-state index contributed by atoms with van der Waals surface area (Å²) in [5.74, 6) is -0.632. The van der Waals surface area contributed by atoms with Crippen molar-refractivity contribution in [3.05, 3.63) is 90.0 Å². The van der Waals surface area contributed by atoms with Gasteiger partial charge in [-0.3, -0.25) is 4.79 Å². The first kappa shape index (κ1) is 21.7. The molecular formula is C26H23ClN2O3. The molecule has 1 N–H and O–H groups in total. The number of carbonyl (C=O) groups is 1. The molecular weight excluding hydrogens is 424 g/mol. The van der Waals surface area contributed by atoms with E-state index in [1.807, 2.05) is 89.6 Å². The van der Waals surface area contributed by atoms with Gasteiger partial charge in [0.1, 0.15) is 5.75 Å². The Bertz CT molecular complexity index is 1220. The first-order valence-corrected chi connectivity index (χ1v) is 10.8. The van der Waals surface area contributed by atoms with Gasteiger partial charge in [-0.1, -0.05) is 67.1 Å². The van der Waals surface area contributed by atoms with E-state index in [1.165, 1.54) is 0 Å². The molecule has 4 aromatic rings. The van der Waals surface area contributed by atoms with Crippen molar-refractivity contribution in [1.29, 1.82) is 0 Å². The molecule has 32 heavy (non-hydrogen) atoms. The summed E-state index contributed by atoms with van der Waals surface area (Å²) in [5.41, 5.74) is 4.24. The fraction of sp³-hybridized carbons (Fsp3) is 0.154. The minimum Gasteiger partial charge on any atom is -0.493 e. The zero-order valence-corrected chi connectivity index (χ0v) is 18.4. The van der Waals surface area contributed by atoms with Crippen molar-refractivity contribution in [3.8, 4) is 34.0 Å². The lowest BCUT2D eigenvalue weighted by Gasteiger charge is -2.11. The van der Waals surface area contributed by atoms with Crippen LogP contribution in [-0.4, -0.2) is 27.5 Å². The van der Waals surface area contributed by atoms with Crippen molar-refractivity contribution < 1.29 is 14.6 Å². The van der Waals surface area contributed by atoms with E-state index in [2.05, 4.69) is 0 Å². The molecule has 0 saturated carbocycles. The van der Waals surface area contributed by atoms with E-state index in [0.717, 1.165) is 28.2 Å². The maximum atomic E-state index is 11.1. The minimum absolute atomic E-state index is 0.307. The van der Waals surface area contributed by atoms with Crippen molar-refractivity contribution >= 4 is 17.6 Å². The lowest BCUT2D eigenvalue weighted by molar-refractivity contribution is -0.141. The van der Waals surface area contributed by atoms with Crippen molar-refractivity contribution in [1.82, 2.24) is 9.78 Å². The summed E-state index contributed by atoms with van der Waals surface area (Å²) in [6.07, 6.45) is 0.424. The van der Waals surface area contributed by atoms with Crippen LogP contribution < -0.4 is 4.74 Å². The number of rotatable bonds is 8. The van der Waals surface area contributed by atoms with Crippen LogP contribution in [0, 0.1) is 5.92 Å². The predicted octanol–water partition coefficient (Wildman–Crippen LogP) is 6.35. The predicted molar refractivity (Wildman–Crippen MR) is 126 cm³/mol. The molecule has 162 valence electrons. The highest BCUT2D eigenvalue weighted by Gasteiger charge is 2.18. The van der Waals surface area contributed by atoms with Gasteiger partial charge in [-0.05, 0) is 42.8 Å². The molecule has 0 fully saturated rings. The summed E-state index contributed by atoms with van der Waals surface area (Å²) in [6.45, 7) is 1.98. The van der Waals surface area contributed by atoms with Gasteiger partial charge in [0.2, 0.25) is 0 Å². The smallest absolute Gasteiger partial charge is 0.306 e. The van der Waals surface area contributed by atoms with Crippen LogP contribution in [0.3, 0.4) is 0 Å². The molecule has 6 heteroatoms. The molecule has 1 unspecified atom stereocenters. The van der Waals surface area contributed by atoms with Crippen LogP contribution in [0.2, 0.25) is 5.02 Å². The van der Waals surface area contributed by atoms with Crippen LogP contribution in [0.5, 0.6) is 5.75 Å². The molecule has 1 heterocycles. The molecule has 0 aliphatic carbocycles. The maximum absolute atomic E-state index is 11.1. The Kier molecular flexibility index (Phi) is 6.57. The Labute approximate surface area is 191 Å². The Morgan fingerprint density at radius 3 is 2.38 bits per heavy atom.